The largest absolute Gasteiger partial charge is 0.480 e. The number of hydrogen-bond acceptors (Lipinski definition) is 5. The quantitative estimate of drug-likeness (QED) is 0.475. The molecule has 2 amide bonds. The highest BCUT2D eigenvalue weighted by Gasteiger charge is 2.29. The Morgan fingerprint density at radius 1 is 1.00 bits per heavy atom. The summed E-state index contributed by atoms with van der Waals surface area (Å²) in [4.78, 5) is 35.3. The number of nitrogens with one attached hydrogen (secondary N) is 2. The van der Waals surface area contributed by atoms with Gasteiger partial charge in [0, 0.05) is 12.5 Å². The van der Waals surface area contributed by atoms with E-state index in [2.05, 4.69) is 10.6 Å². The molecule has 170 valence electrons. The van der Waals surface area contributed by atoms with Crippen molar-refractivity contribution < 1.29 is 29.3 Å². The topological polar surface area (TPSA) is 125 Å². The third kappa shape index (κ3) is 5.45. The molecule has 0 bridgehead atoms. The van der Waals surface area contributed by atoms with Crippen LogP contribution in [0.2, 0.25) is 0 Å². The van der Waals surface area contributed by atoms with Crippen LogP contribution in [-0.2, 0) is 14.3 Å². The Labute approximate surface area is 186 Å². The fourth-order valence-electron chi connectivity index (χ4n) is 3.88. The molecule has 2 aromatic carbocycles. The maximum Gasteiger partial charge on any atom is 0.407 e. The third-order valence-corrected chi connectivity index (χ3v) is 5.50. The Hall–Kier alpha value is -3.39. The molecule has 4 N–H and O–H groups in total. The van der Waals surface area contributed by atoms with Gasteiger partial charge in [0.15, 0.2) is 0 Å². The summed E-state index contributed by atoms with van der Waals surface area (Å²) in [6.45, 7) is 3.30. The molecule has 2 atom stereocenters. The van der Waals surface area contributed by atoms with Gasteiger partial charge in [0.2, 0.25) is 5.91 Å². The minimum atomic E-state index is -1.17. The van der Waals surface area contributed by atoms with Crippen molar-refractivity contribution in [2.24, 2.45) is 5.92 Å². The van der Waals surface area contributed by atoms with E-state index in [-0.39, 0.29) is 31.4 Å². The molecule has 1 aliphatic carbocycles. The number of aliphatic carboxylic acids is 1. The number of hydrogen-bond donors (Lipinski definition) is 4. The lowest BCUT2D eigenvalue weighted by Gasteiger charge is -2.19. The molecule has 0 aliphatic heterocycles. The van der Waals surface area contributed by atoms with E-state index in [1.54, 1.807) is 13.8 Å². The van der Waals surface area contributed by atoms with E-state index in [9.17, 15) is 19.5 Å². The fraction of sp³-hybridized carbons (Fsp3) is 0.375. The number of carboxylic acids is 1. The number of aliphatic hydroxyl groups excluding tert-OH is 1. The molecular formula is C24H28N2O6. The Morgan fingerprint density at radius 3 is 2.09 bits per heavy atom. The molecule has 1 aliphatic rings. The summed E-state index contributed by atoms with van der Waals surface area (Å²) in [7, 11) is 0. The third-order valence-electron chi connectivity index (χ3n) is 5.50. The second kappa shape index (κ2) is 10.3. The molecule has 0 radical (unpaired) electrons. The molecule has 32 heavy (non-hydrogen) atoms. The van der Waals surface area contributed by atoms with Gasteiger partial charge in [0.25, 0.3) is 0 Å². The van der Waals surface area contributed by atoms with Gasteiger partial charge in [-0.25, -0.2) is 9.59 Å². The number of fused-ring (bicyclic) bond motifs is 3. The Bertz CT molecular complexity index is 944. The number of alkyl carbamates (subject to hydrolysis) is 1. The van der Waals surface area contributed by atoms with Crippen molar-refractivity contribution in [3.05, 3.63) is 59.7 Å². The minimum Gasteiger partial charge on any atom is -0.480 e. The van der Waals surface area contributed by atoms with Crippen LogP contribution in [0.5, 0.6) is 0 Å². The van der Waals surface area contributed by atoms with Gasteiger partial charge in [-0.05, 0) is 28.2 Å². The predicted octanol–water partition coefficient (Wildman–Crippen LogP) is 2.50. The molecule has 0 heterocycles. The second-order valence-electron chi connectivity index (χ2n) is 8.19. The minimum absolute atomic E-state index is 0.0761. The first-order chi connectivity index (χ1) is 15.3. The number of ether oxygens (including phenoxy) is 1. The van der Waals surface area contributed by atoms with E-state index in [0.717, 1.165) is 22.3 Å². The number of aliphatic hydroxyl groups is 1. The first-order valence-corrected chi connectivity index (χ1v) is 10.6. The molecule has 0 saturated heterocycles. The Morgan fingerprint density at radius 2 is 1.56 bits per heavy atom. The zero-order valence-electron chi connectivity index (χ0n) is 18.1. The predicted molar refractivity (Wildman–Crippen MR) is 118 cm³/mol. The van der Waals surface area contributed by atoms with Crippen molar-refractivity contribution in [2.45, 2.75) is 38.3 Å². The molecule has 0 aromatic heterocycles. The first-order valence-electron chi connectivity index (χ1n) is 10.6. The molecule has 0 saturated carbocycles. The zero-order valence-corrected chi connectivity index (χ0v) is 18.1. The molecule has 2 aromatic rings. The van der Waals surface area contributed by atoms with Crippen LogP contribution in [0.15, 0.2) is 48.5 Å². The van der Waals surface area contributed by atoms with E-state index in [0.29, 0.717) is 0 Å². The van der Waals surface area contributed by atoms with Crippen molar-refractivity contribution in [3.8, 4) is 11.1 Å². The molecule has 8 nitrogen and oxygen atoms in total. The summed E-state index contributed by atoms with van der Waals surface area (Å²) in [6, 6.07) is 14.9. The van der Waals surface area contributed by atoms with Gasteiger partial charge in [-0.2, -0.15) is 0 Å². The van der Waals surface area contributed by atoms with Crippen LogP contribution >= 0.6 is 0 Å². The van der Waals surface area contributed by atoms with E-state index in [1.165, 1.54) is 0 Å². The van der Waals surface area contributed by atoms with Crippen LogP contribution < -0.4 is 10.6 Å². The van der Waals surface area contributed by atoms with Crippen molar-refractivity contribution in [3.63, 3.8) is 0 Å². The van der Waals surface area contributed by atoms with Crippen molar-refractivity contribution in [1.82, 2.24) is 10.6 Å². The number of benzene rings is 2. The number of carbonyl (C=O) groups excluding carboxylic acids is 2. The van der Waals surface area contributed by atoms with Crippen LogP contribution in [0.4, 0.5) is 4.79 Å². The van der Waals surface area contributed by atoms with Crippen LogP contribution in [-0.4, -0.2) is 53.5 Å². The summed E-state index contributed by atoms with van der Waals surface area (Å²) in [5, 5.41) is 24.0. The zero-order chi connectivity index (χ0) is 23.3. The summed E-state index contributed by atoms with van der Waals surface area (Å²) < 4.78 is 5.38. The Balaban J connectivity index is 1.48. The molecule has 1 unspecified atom stereocenters. The average Bonchev–Trinajstić information content (AvgIpc) is 3.08. The fourth-order valence-corrected chi connectivity index (χ4v) is 3.88. The van der Waals surface area contributed by atoms with Gasteiger partial charge in [-0.1, -0.05) is 62.4 Å². The van der Waals surface area contributed by atoms with Crippen LogP contribution in [0.1, 0.15) is 37.3 Å². The lowest BCUT2D eigenvalue weighted by molar-refractivity contribution is -0.143. The van der Waals surface area contributed by atoms with Crippen LogP contribution in [0.25, 0.3) is 11.1 Å². The van der Waals surface area contributed by atoms with Crippen LogP contribution in [0, 0.1) is 5.92 Å². The van der Waals surface area contributed by atoms with Crippen molar-refractivity contribution in [2.75, 3.05) is 13.2 Å². The lowest BCUT2D eigenvalue weighted by Crippen LogP contribution is -2.46. The number of carbonyl (C=O) groups is 3. The smallest absolute Gasteiger partial charge is 0.407 e. The molecule has 0 spiro atoms. The average molecular weight is 440 g/mol. The summed E-state index contributed by atoms with van der Waals surface area (Å²) in [6.07, 6.45) is -2.20. The second-order valence-corrected chi connectivity index (χ2v) is 8.19. The van der Waals surface area contributed by atoms with E-state index in [1.807, 2.05) is 48.5 Å². The van der Waals surface area contributed by atoms with Gasteiger partial charge < -0.3 is 25.6 Å². The Kier molecular flexibility index (Phi) is 7.48. The maximum atomic E-state index is 12.1. The van der Waals surface area contributed by atoms with Gasteiger partial charge in [0.1, 0.15) is 12.6 Å². The normalized spacial score (nSPS) is 14.2. The molecule has 8 heteroatoms. The summed E-state index contributed by atoms with van der Waals surface area (Å²) >= 11 is 0. The summed E-state index contributed by atoms with van der Waals surface area (Å²) in [5.74, 6) is -2.12. The standard InChI is InChI=1S/C24H28N2O6/c1-14(2)22(23(29)30)26-21(28)11-15(27)12-25-24(31)32-13-20-18-9-5-3-7-16(18)17-8-4-6-10-19(17)20/h3-10,14-15,20,22,27H,11-13H2,1-2H3,(H,25,31)(H,26,28)(H,29,30)/t15?,22-/m1/s1. The highest BCUT2D eigenvalue weighted by atomic mass is 16.5. The van der Waals surface area contributed by atoms with Crippen LogP contribution in [0.3, 0.4) is 0 Å². The molecule has 3 rings (SSSR count). The molecule has 0 fully saturated rings. The van der Waals surface area contributed by atoms with Crippen molar-refractivity contribution in [1.29, 1.82) is 0 Å². The van der Waals surface area contributed by atoms with Gasteiger partial charge in [-0.15, -0.1) is 0 Å². The lowest BCUT2D eigenvalue weighted by atomic mass is 9.98. The first kappa shape index (κ1) is 23.3. The van der Waals surface area contributed by atoms with Crippen molar-refractivity contribution >= 4 is 18.0 Å². The summed E-state index contributed by atoms with van der Waals surface area (Å²) in [5.41, 5.74) is 4.44. The van der Waals surface area contributed by atoms with E-state index in [4.69, 9.17) is 9.84 Å². The highest BCUT2D eigenvalue weighted by Crippen LogP contribution is 2.44. The van der Waals surface area contributed by atoms with E-state index < -0.39 is 30.1 Å². The molecular weight excluding hydrogens is 412 g/mol. The SMILES string of the molecule is CC(C)[C@@H](NC(=O)CC(O)CNC(=O)OCC1c2ccccc2-c2ccccc21)C(=O)O. The van der Waals surface area contributed by atoms with Gasteiger partial charge in [-0.3, -0.25) is 4.79 Å². The highest BCUT2D eigenvalue weighted by molar-refractivity contribution is 5.84. The maximum absolute atomic E-state index is 12.1. The monoisotopic (exact) mass is 440 g/mol. The number of carboxylic acid groups (broad SMARTS) is 1. The van der Waals surface area contributed by atoms with E-state index >= 15 is 0 Å². The number of rotatable bonds is 9. The van der Waals surface area contributed by atoms with Gasteiger partial charge in [0.05, 0.1) is 12.5 Å². The van der Waals surface area contributed by atoms with Gasteiger partial charge >= 0.3 is 12.1 Å². The number of amides is 2.